The first kappa shape index (κ1) is 18.0. The van der Waals surface area contributed by atoms with Crippen molar-refractivity contribution in [1.82, 2.24) is 14.4 Å². The third-order valence-electron chi connectivity index (χ3n) is 5.13. The number of rotatable bonds is 6. The summed E-state index contributed by atoms with van der Waals surface area (Å²) >= 11 is 0. The standard InChI is InChI=1S/C17H29N3O3/c1-12-7-16(13(2)19(12)4)17(23)20-9-14(15(10-20)11-22)8-18(3)5-6-21/h7,14-15,21-22H,5-6,8-11H2,1-4H3. The molecule has 0 bridgehead atoms. The SMILES string of the molecule is Cc1cc(C(=O)N2CC(CO)C(CN(C)CCO)C2)c(C)n1C. The number of aliphatic hydroxyl groups excluding tert-OH is 2. The van der Waals surface area contributed by atoms with Crippen molar-refractivity contribution >= 4 is 5.91 Å². The Morgan fingerprint density at radius 3 is 2.48 bits per heavy atom. The summed E-state index contributed by atoms with van der Waals surface area (Å²) in [5.74, 6) is 0.396. The van der Waals surface area contributed by atoms with E-state index in [2.05, 4.69) is 4.90 Å². The minimum atomic E-state index is 0.0527. The van der Waals surface area contributed by atoms with E-state index in [4.69, 9.17) is 5.11 Å². The molecule has 0 aromatic carbocycles. The highest BCUT2D eigenvalue weighted by Gasteiger charge is 2.36. The number of amides is 1. The molecule has 1 aliphatic rings. The van der Waals surface area contributed by atoms with Gasteiger partial charge in [0.25, 0.3) is 5.91 Å². The normalized spacial score (nSPS) is 21.4. The van der Waals surface area contributed by atoms with Gasteiger partial charge in [-0.15, -0.1) is 0 Å². The molecule has 1 saturated heterocycles. The molecule has 2 heterocycles. The second kappa shape index (κ2) is 7.47. The fourth-order valence-electron chi connectivity index (χ4n) is 3.42. The summed E-state index contributed by atoms with van der Waals surface area (Å²) in [6, 6.07) is 1.94. The van der Waals surface area contributed by atoms with Crippen molar-refractivity contribution in [3.05, 3.63) is 23.0 Å². The number of aryl methyl sites for hydroxylation is 1. The van der Waals surface area contributed by atoms with Crippen molar-refractivity contribution in [2.75, 3.05) is 46.4 Å². The van der Waals surface area contributed by atoms with Crippen molar-refractivity contribution in [3.8, 4) is 0 Å². The number of carbonyl (C=O) groups is 1. The van der Waals surface area contributed by atoms with Gasteiger partial charge in [0.05, 0.1) is 12.2 Å². The van der Waals surface area contributed by atoms with E-state index in [1.54, 1.807) is 0 Å². The van der Waals surface area contributed by atoms with Gasteiger partial charge in [0, 0.05) is 57.1 Å². The highest BCUT2D eigenvalue weighted by Crippen LogP contribution is 2.26. The van der Waals surface area contributed by atoms with Crippen LogP contribution < -0.4 is 0 Å². The number of likely N-dealkylation sites (tertiary alicyclic amines) is 1. The van der Waals surface area contributed by atoms with E-state index in [9.17, 15) is 9.90 Å². The van der Waals surface area contributed by atoms with Gasteiger partial charge in [-0.3, -0.25) is 4.79 Å². The summed E-state index contributed by atoms with van der Waals surface area (Å²) in [7, 11) is 3.93. The average molecular weight is 323 g/mol. The van der Waals surface area contributed by atoms with Crippen molar-refractivity contribution in [2.24, 2.45) is 18.9 Å². The van der Waals surface area contributed by atoms with E-state index >= 15 is 0 Å². The van der Waals surface area contributed by atoms with E-state index < -0.39 is 0 Å². The fraction of sp³-hybridized carbons (Fsp3) is 0.706. The highest BCUT2D eigenvalue weighted by atomic mass is 16.3. The van der Waals surface area contributed by atoms with Crippen molar-refractivity contribution < 1.29 is 15.0 Å². The number of hydrogen-bond acceptors (Lipinski definition) is 4. The average Bonchev–Trinajstić information content (AvgIpc) is 3.03. The lowest BCUT2D eigenvalue weighted by molar-refractivity contribution is 0.0778. The minimum absolute atomic E-state index is 0.0527. The smallest absolute Gasteiger partial charge is 0.255 e. The molecule has 2 unspecified atom stereocenters. The van der Waals surface area contributed by atoms with Crippen LogP contribution in [-0.4, -0.2) is 76.9 Å². The van der Waals surface area contributed by atoms with Crippen molar-refractivity contribution in [1.29, 1.82) is 0 Å². The van der Waals surface area contributed by atoms with Gasteiger partial charge in [-0.2, -0.15) is 0 Å². The zero-order valence-corrected chi connectivity index (χ0v) is 14.6. The quantitative estimate of drug-likeness (QED) is 0.787. The van der Waals surface area contributed by atoms with Crippen LogP contribution in [0.25, 0.3) is 0 Å². The second-order valence-corrected chi connectivity index (χ2v) is 6.74. The monoisotopic (exact) mass is 323 g/mol. The molecule has 0 saturated carbocycles. The Bertz CT molecular complexity index is 556. The van der Waals surface area contributed by atoms with E-state index in [0.29, 0.717) is 19.6 Å². The van der Waals surface area contributed by atoms with Gasteiger partial charge >= 0.3 is 0 Å². The number of hydrogen-bond donors (Lipinski definition) is 2. The maximum atomic E-state index is 12.8. The third-order valence-corrected chi connectivity index (χ3v) is 5.13. The Kier molecular flexibility index (Phi) is 5.84. The van der Waals surface area contributed by atoms with Crippen molar-refractivity contribution in [2.45, 2.75) is 13.8 Å². The number of aliphatic hydroxyl groups is 2. The molecule has 2 N–H and O–H groups in total. The minimum Gasteiger partial charge on any atom is -0.396 e. The van der Waals surface area contributed by atoms with Crippen LogP contribution in [0.5, 0.6) is 0 Å². The first-order chi connectivity index (χ1) is 10.9. The number of aromatic nitrogens is 1. The third kappa shape index (κ3) is 3.76. The van der Waals surface area contributed by atoms with Gasteiger partial charge in [-0.1, -0.05) is 0 Å². The predicted molar refractivity (Wildman–Crippen MR) is 89.4 cm³/mol. The molecule has 0 spiro atoms. The molecule has 130 valence electrons. The van der Waals surface area contributed by atoms with Gasteiger partial charge in [0.15, 0.2) is 0 Å². The van der Waals surface area contributed by atoms with Gasteiger partial charge in [-0.05, 0) is 32.9 Å². The predicted octanol–water partition coefficient (Wildman–Crippen LogP) is 0.247. The van der Waals surface area contributed by atoms with Gasteiger partial charge in [0.2, 0.25) is 0 Å². The largest absolute Gasteiger partial charge is 0.396 e. The summed E-state index contributed by atoms with van der Waals surface area (Å²) < 4.78 is 2.03. The molecule has 1 aromatic heterocycles. The van der Waals surface area contributed by atoms with Crippen LogP contribution >= 0.6 is 0 Å². The summed E-state index contributed by atoms with van der Waals surface area (Å²) in [6.45, 7) is 6.82. The molecule has 1 amide bonds. The van der Waals surface area contributed by atoms with Crippen LogP contribution in [0.2, 0.25) is 0 Å². The van der Waals surface area contributed by atoms with Crippen LogP contribution in [0.15, 0.2) is 6.07 Å². The molecule has 1 aromatic rings. The molecule has 1 fully saturated rings. The van der Waals surface area contributed by atoms with E-state index in [0.717, 1.165) is 23.5 Å². The first-order valence-electron chi connectivity index (χ1n) is 8.21. The molecular weight excluding hydrogens is 294 g/mol. The Hall–Kier alpha value is -1.37. The highest BCUT2D eigenvalue weighted by molar-refractivity contribution is 5.96. The van der Waals surface area contributed by atoms with E-state index in [-0.39, 0.29) is 31.0 Å². The lowest BCUT2D eigenvalue weighted by atomic mass is 9.96. The zero-order valence-electron chi connectivity index (χ0n) is 14.6. The van der Waals surface area contributed by atoms with Gasteiger partial charge in [0.1, 0.15) is 0 Å². The number of carbonyl (C=O) groups excluding carboxylic acids is 1. The molecular formula is C17H29N3O3. The maximum absolute atomic E-state index is 12.8. The zero-order chi connectivity index (χ0) is 17.1. The van der Waals surface area contributed by atoms with E-state index in [1.165, 1.54) is 0 Å². The lowest BCUT2D eigenvalue weighted by Gasteiger charge is -2.23. The fourth-order valence-corrected chi connectivity index (χ4v) is 3.42. The Labute approximate surface area is 138 Å². The van der Waals surface area contributed by atoms with Crippen LogP contribution in [0.1, 0.15) is 21.7 Å². The maximum Gasteiger partial charge on any atom is 0.255 e. The summed E-state index contributed by atoms with van der Waals surface area (Å²) in [6.07, 6.45) is 0. The molecule has 6 heteroatoms. The van der Waals surface area contributed by atoms with Crippen molar-refractivity contribution in [3.63, 3.8) is 0 Å². The van der Waals surface area contributed by atoms with Gasteiger partial charge in [-0.25, -0.2) is 0 Å². The number of nitrogens with zero attached hydrogens (tertiary/aromatic N) is 3. The molecule has 0 aliphatic carbocycles. The molecule has 6 nitrogen and oxygen atoms in total. The Morgan fingerprint density at radius 1 is 1.30 bits per heavy atom. The molecule has 23 heavy (non-hydrogen) atoms. The second-order valence-electron chi connectivity index (χ2n) is 6.74. The summed E-state index contributed by atoms with van der Waals surface area (Å²) in [4.78, 5) is 16.7. The topological polar surface area (TPSA) is 68.9 Å². The molecule has 0 radical (unpaired) electrons. The van der Waals surface area contributed by atoms with Crippen LogP contribution in [0, 0.1) is 25.7 Å². The van der Waals surface area contributed by atoms with Gasteiger partial charge < -0.3 is 24.6 Å². The van der Waals surface area contributed by atoms with E-state index in [1.807, 2.05) is 43.5 Å². The summed E-state index contributed by atoms with van der Waals surface area (Å²) in [5, 5.41) is 18.7. The van der Waals surface area contributed by atoms with Crippen LogP contribution in [-0.2, 0) is 7.05 Å². The molecule has 2 atom stereocenters. The molecule has 2 rings (SSSR count). The first-order valence-corrected chi connectivity index (χ1v) is 8.21. The Balaban J connectivity index is 2.09. The lowest BCUT2D eigenvalue weighted by Crippen LogP contribution is -2.33. The Morgan fingerprint density at radius 2 is 1.96 bits per heavy atom. The van der Waals surface area contributed by atoms with Crippen LogP contribution in [0.3, 0.4) is 0 Å². The molecule has 1 aliphatic heterocycles. The summed E-state index contributed by atoms with van der Waals surface area (Å²) in [5.41, 5.74) is 2.81. The number of likely N-dealkylation sites (N-methyl/N-ethyl adjacent to an activating group) is 1. The van der Waals surface area contributed by atoms with Crippen LogP contribution in [0.4, 0.5) is 0 Å².